The minimum absolute atomic E-state index is 0.168. The van der Waals surface area contributed by atoms with E-state index in [0.717, 1.165) is 40.2 Å². The van der Waals surface area contributed by atoms with E-state index in [0.29, 0.717) is 6.04 Å². The molecule has 1 saturated heterocycles. The molecule has 2 aromatic rings. The van der Waals surface area contributed by atoms with Crippen LogP contribution >= 0.6 is 15.9 Å². The second-order valence-corrected chi connectivity index (χ2v) is 6.34. The zero-order valence-electron chi connectivity index (χ0n) is 11.6. The van der Waals surface area contributed by atoms with Crippen molar-refractivity contribution in [2.24, 2.45) is 0 Å². The van der Waals surface area contributed by atoms with Gasteiger partial charge in [0, 0.05) is 22.6 Å². The molecule has 0 spiro atoms. The molecule has 0 aromatic heterocycles. The summed E-state index contributed by atoms with van der Waals surface area (Å²) in [4.78, 5) is 14.9. The number of halogens is 1. The predicted molar refractivity (Wildman–Crippen MR) is 86.0 cm³/mol. The molecule has 0 aliphatic carbocycles. The topological polar surface area (TPSA) is 20.3 Å². The lowest BCUT2D eigenvalue weighted by Crippen LogP contribution is -2.42. The molecule has 1 atom stereocenters. The van der Waals surface area contributed by atoms with E-state index in [1.54, 1.807) is 0 Å². The standard InChI is InChI=1S/C17H18BrNO/c1-12-6-2-3-11-19(12)17(20)15-9-4-8-14-13(15)7-5-10-16(14)18/h4-5,7-10,12H,2-3,6,11H2,1H3/t12-/m1/s1. The van der Waals surface area contributed by atoms with E-state index in [4.69, 9.17) is 0 Å². The van der Waals surface area contributed by atoms with Gasteiger partial charge >= 0.3 is 0 Å². The van der Waals surface area contributed by atoms with E-state index in [1.807, 2.05) is 35.2 Å². The predicted octanol–water partition coefficient (Wildman–Crippen LogP) is 4.62. The molecular formula is C17H18BrNO. The summed E-state index contributed by atoms with van der Waals surface area (Å²) in [5.41, 5.74) is 0.817. The zero-order chi connectivity index (χ0) is 14.1. The van der Waals surface area contributed by atoms with Crippen LogP contribution in [0.5, 0.6) is 0 Å². The van der Waals surface area contributed by atoms with Crippen LogP contribution in [0.2, 0.25) is 0 Å². The van der Waals surface area contributed by atoms with Gasteiger partial charge in [-0.2, -0.15) is 0 Å². The van der Waals surface area contributed by atoms with E-state index >= 15 is 0 Å². The lowest BCUT2D eigenvalue weighted by atomic mass is 9.99. The smallest absolute Gasteiger partial charge is 0.254 e. The van der Waals surface area contributed by atoms with Crippen LogP contribution < -0.4 is 0 Å². The van der Waals surface area contributed by atoms with Gasteiger partial charge in [0.15, 0.2) is 0 Å². The van der Waals surface area contributed by atoms with Crippen LogP contribution in [0.1, 0.15) is 36.5 Å². The Morgan fingerprint density at radius 2 is 1.90 bits per heavy atom. The summed E-state index contributed by atoms with van der Waals surface area (Å²) in [6, 6.07) is 12.3. The number of nitrogens with zero attached hydrogens (tertiary/aromatic N) is 1. The number of amides is 1. The number of piperidine rings is 1. The maximum absolute atomic E-state index is 12.8. The summed E-state index contributed by atoms with van der Waals surface area (Å²) >= 11 is 3.56. The van der Waals surface area contributed by atoms with Crippen molar-refractivity contribution in [2.45, 2.75) is 32.2 Å². The number of benzene rings is 2. The van der Waals surface area contributed by atoms with Crippen molar-refractivity contribution < 1.29 is 4.79 Å². The normalized spacial score (nSPS) is 19.3. The van der Waals surface area contributed by atoms with Crippen LogP contribution in [0, 0.1) is 0 Å². The number of fused-ring (bicyclic) bond motifs is 1. The number of hydrogen-bond donors (Lipinski definition) is 0. The third kappa shape index (κ3) is 2.35. The van der Waals surface area contributed by atoms with Crippen molar-refractivity contribution in [3.8, 4) is 0 Å². The molecule has 1 aliphatic rings. The van der Waals surface area contributed by atoms with E-state index in [9.17, 15) is 4.79 Å². The quantitative estimate of drug-likeness (QED) is 0.746. The second kappa shape index (κ2) is 5.57. The van der Waals surface area contributed by atoms with Crippen molar-refractivity contribution in [1.29, 1.82) is 0 Å². The Bertz CT molecular complexity index is 652. The van der Waals surface area contributed by atoms with E-state index in [1.165, 1.54) is 6.42 Å². The summed E-state index contributed by atoms with van der Waals surface area (Å²) in [5.74, 6) is 0.168. The lowest BCUT2D eigenvalue weighted by molar-refractivity contribution is 0.0637. The second-order valence-electron chi connectivity index (χ2n) is 5.48. The van der Waals surface area contributed by atoms with Crippen molar-refractivity contribution in [3.05, 3.63) is 46.4 Å². The number of hydrogen-bond acceptors (Lipinski definition) is 1. The Hall–Kier alpha value is -1.35. The number of carbonyl (C=O) groups is 1. The highest BCUT2D eigenvalue weighted by atomic mass is 79.9. The molecule has 3 heteroatoms. The Labute approximate surface area is 127 Å². The fourth-order valence-electron chi connectivity index (χ4n) is 3.01. The average molecular weight is 332 g/mol. The van der Waals surface area contributed by atoms with Gasteiger partial charge in [-0.05, 0) is 49.1 Å². The molecule has 2 aromatic carbocycles. The molecule has 1 aliphatic heterocycles. The van der Waals surface area contributed by atoms with E-state index < -0.39 is 0 Å². The fraction of sp³-hybridized carbons (Fsp3) is 0.353. The SMILES string of the molecule is C[C@@H]1CCCCN1C(=O)c1cccc2c(Br)cccc12. The summed E-state index contributed by atoms with van der Waals surface area (Å²) < 4.78 is 1.04. The van der Waals surface area contributed by atoms with Crippen molar-refractivity contribution in [2.75, 3.05) is 6.54 Å². The first-order valence-electron chi connectivity index (χ1n) is 7.16. The molecule has 0 unspecified atom stereocenters. The van der Waals surface area contributed by atoms with Crippen LogP contribution in [0.15, 0.2) is 40.9 Å². The molecule has 1 amide bonds. The molecule has 1 fully saturated rings. The maximum atomic E-state index is 12.8. The first-order chi connectivity index (χ1) is 9.68. The summed E-state index contributed by atoms with van der Waals surface area (Å²) in [7, 11) is 0. The van der Waals surface area contributed by atoms with Gasteiger partial charge in [-0.15, -0.1) is 0 Å². The van der Waals surface area contributed by atoms with Crippen molar-refractivity contribution in [3.63, 3.8) is 0 Å². The highest BCUT2D eigenvalue weighted by molar-refractivity contribution is 9.10. The van der Waals surface area contributed by atoms with Gasteiger partial charge in [-0.1, -0.05) is 40.2 Å². The van der Waals surface area contributed by atoms with Gasteiger partial charge in [0.1, 0.15) is 0 Å². The monoisotopic (exact) mass is 331 g/mol. The molecule has 0 saturated carbocycles. The molecule has 2 nitrogen and oxygen atoms in total. The molecule has 0 N–H and O–H groups in total. The Kier molecular flexibility index (Phi) is 3.79. The van der Waals surface area contributed by atoms with Gasteiger partial charge < -0.3 is 4.90 Å². The molecule has 20 heavy (non-hydrogen) atoms. The molecule has 0 radical (unpaired) electrons. The lowest BCUT2D eigenvalue weighted by Gasteiger charge is -2.33. The van der Waals surface area contributed by atoms with Gasteiger partial charge in [0.25, 0.3) is 5.91 Å². The Morgan fingerprint density at radius 3 is 2.70 bits per heavy atom. The van der Waals surface area contributed by atoms with Gasteiger partial charge in [0.05, 0.1) is 0 Å². The summed E-state index contributed by atoms with van der Waals surface area (Å²) in [5, 5.41) is 2.13. The molecule has 0 bridgehead atoms. The van der Waals surface area contributed by atoms with Gasteiger partial charge in [-0.3, -0.25) is 4.79 Å². The largest absolute Gasteiger partial charge is 0.336 e. The van der Waals surface area contributed by atoms with Crippen molar-refractivity contribution in [1.82, 2.24) is 4.90 Å². The highest BCUT2D eigenvalue weighted by Gasteiger charge is 2.25. The van der Waals surface area contributed by atoms with Crippen LogP contribution in [-0.2, 0) is 0 Å². The minimum Gasteiger partial charge on any atom is -0.336 e. The van der Waals surface area contributed by atoms with E-state index in [2.05, 4.69) is 28.9 Å². The van der Waals surface area contributed by atoms with Crippen LogP contribution in [-0.4, -0.2) is 23.4 Å². The first kappa shape index (κ1) is 13.6. The average Bonchev–Trinajstić information content (AvgIpc) is 2.47. The zero-order valence-corrected chi connectivity index (χ0v) is 13.2. The van der Waals surface area contributed by atoms with Crippen LogP contribution in [0.3, 0.4) is 0 Å². The Morgan fingerprint density at radius 1 is 1.15 bits per heavy atom. The van der Waals surface area contributed by atoms with E-state index in [-0.39, 0.29) is 5.91 Å². The highest BCUT2D eigenvalue weighted by Crippen LogP contribution is 2.28. The molecule has 1 heterocycles. The maximum Gasteiger partial charge on any atom is 0.254 e. The third-order valence-corrected chi connectivity index (χ3v) is 4.85. The Balaban J connectivity index is 2.05. The third-order valence-electron chi connectivity index (χ3n) is 4.16. The molecule has 3 rings (SSSR count). The number of rotatable bonds is 1. The molecule has 104 valence electrons. The first-order valence-corrected chi connectivity index (χ1v) is 7.96. The minimum atomic E-state index is 0.168. The number of carbonyl (C=O) groups excluding carboxylic acids is 1. The summed E-state index contributed by atoms with van der Waals surface area (Å²) in [6.07, 6.45) is 3.46. The van der Waals surface area contributed by atoms with Crippen molar-refractivity contribution >= 4 is 32.6 Å². The fourth-order valence-corrected chi connectivity index (χ4v) is 3.51. The van der Waals surface area contributed by atoms with Crippen LogP contribution in [0.25, 0.3) is 10.8 Å². The van der Waals surface area contributed by atoms with Crippen LogP contribution in [0.4, 0.5) is 0 Å². The summed E-state index contributed by atoms with van der Waals surface area (Å²) in [6.45, 7) is 3.03. The van der Waals surface area contributed by atoms with Gasteiger partial charge in [-0.25, -0.2) is 0 Å². The molecular weight excluding hydrogens is 314 g/mol. The number of likely N-dealkylation sites (tertiary alicyclic amines) is 1. The van der Waals surface area contributed by atoms with Gasteiger partial charge in [0.2, 0.25) is 0 Å².